The van der Waals surface area contributed by atoms with Crippen molar-refractivity contribution >= 4 is 17.9 Å². The molecule has 0 aliphatic heterocycles. The molecule has 0 aromatic carbocycles. The van der Waals surface area contributed by atoms with Crippen LogP contribution in [-0.2, 0) is 28.6 Å². The summed E-state index contributed by atoms with van der Waals surface area (Å²) in [5, 5.41) is 0. The lowest BCUT2D eigenvalue weighted by atomic mass is 9.99. The second kappa shape index (κ2) is 50.3. The van der Waals surface area contributed by atoms with E-state index >= 15 is 0 Å². The average molecular weight is 920 g/mol. The molecule has 0 aromatic rings. The van der Waals surface area contributed by atoms with Gasteiger partial charge >= 0.3 is 17.9 Å². The van der Waals surface area contributed by atoms with Gasteiger partial charge in [-0.3, -0.25) is 14.4 Å². The van der Waals surface area contributed by atoms with Gasteiger partial charge in [-0.2, -0.15) is 0 Å². The monoisotopic (exact) mass is 919 g/mol. The molecule has 0 radical (unpaired) electrons. The molecule has 0 aliphatic carbocycles. The van der Waals surface area contributed by atoms with Crippen LogP contribution in [0.3, 0.4) is 0 Å². The summed E-state index contributed by atoms with van der Waals surface area (Å²) in [6, 6.07) is 0. The van der Waals surface area contributed by atoms with Crippen LogP contribution < -0.4 is 0 Å². The largest absolute Gasteiger partial charge is 0.462 e. The van der Waals surface area contributed by atoms with Crippen molar-refractivity contribution in [2.45, 2.75) is 330 Å². The zero-order chi connectivity index (χ0) is 47.7. The van der Waals surface area contributed by atoms with E-state index in [1.54, 1.807) is 0 Å². The molecule has 1 unspecified atom stereocenters. The normalized spacial score (nSPS) is 12.6. The first kappa shape index (κ1) is 63.4. The van der Waals surface area contributed by atoms with E-state index in [9.17, 15) is 14.4 Å². The van der Waals surface area contributed by atoms with E-state index in [4.69, 9.17) is 14.2 Å². The van der Waals surface area contributed by atoms with E-state index in [0.717, 1.165) is 75.5 Å². The summed E-state index contributed by atoms with van der Waals surface area (Å²) < 4.78 is 16.9. The molecule has 0 fully saturated rings. The van der Waals surface area contributed by atoms with E-state index in [1.807, 2.05) is 0 Å². The highest BCUT2D eigenvalue weighted by atomic mass is 16.6. The van der Waals surface area contributed by atoms with Gasteiger partial charge in [0.05, 0.1) is 0 Å². The minimum atomic E-state index is -0.764. The molecule has 6 nitrogen and oxygen atoms in total. The molecule has 0 saturated carbocycles. The van der Waals surface area contributed by atoms with E-state index in [1.165, 1.54) is 205 Å². The number of rotatable bonds is 52. The predicted octanol–water partition coefficient (Wildman–Crippen LogP) is 19.1. The van der Waals surface area contributed by atoms with Crippen molar-refractivity contribution in [2.24, 2.45) is 17.8 Å². The number of ether oxygens (including phenoxy) is 3. The fraction of sp³-hybridized carbons (Fsp3) is 0.949. The number of carbonyl (C=O) groups is 3. The number of unbranched alkanes of at least 4 members (excludes halogenated alkanes) is 34. The van der Waals surface area contributed by atoms with Gasteiger partial charge in [-0.25, -0.2) is 0 Å². The highest BCUT2D eigenvalue weighted by Crippen LogP contribution is 2.19. The number of esters is 3. The van der Waals surface area contributed by atoms with Crippen molar-refractivity contribution in [3.8, 4) is 0 Å². The van der Waals surface area contributed by atoms with Gasteiger partial charge in [-0.05, 0) is 37.0 Å². The zero-order valence-corrected chi connectivity index (χ0v) is 44.8. The molecular formula is C59H114O6. The SMILES string of the molecule is CCC(C)CCCCCCCCCCCCC(=O)OC[C@H](COC(=O)CCCCCCCCCCCCCCCCCCCCC(C)C)OC(=O)CCCCCCCCCCCC(C)C. The summed E-state index contributed by atoms with van der Waals surface area (Å²) in [4.78, 5) is 38.1. The molecule has 0 heterocycles. The van der Waals surface area contributed by atoms with Crippen LogP contribution in [0, 0.1) is 17.8 Å². The van der Waals surface area contributed by atoms with Crippen molar-refractivity contribution in [2.75, 3.05) is 13.2 Å². The molecule has 386 valence electrons. The lowest BCUT2D eigenvalue weighted by Gasteiger charge is -2.18. The van der Waals surface area contributed by atoms with Crippen LogP contribution in [0.25, 0.3) is 0 Å². The van der Waals surface area contributed by atoms with Crippen molar-refractivity contribution in [3.63, 3.8) is 0 Å². The van der Waals surface area contributed by atoms with Crippen LogP contribution >= 0.6 is 0 Å². The highest BCUT2D eigenvalue weighted by molar-refractivity contribution is 5.71. The van der Waals surface area contributed by atoms with Crippen LogP contribution in [0.5, 0.6) is 0 Å². The smallest absolute Gasteiger partial charge is 0.306 e. The standard InChI is InChI=1S/C59H114O6/c1-7-55(6)47-41-35-29-23-18-19-25-31-37-43-49-58(61)64-52-56(65-59(62)50-44-38-32-26-20-22-28-34-40-46-54(4)5)51-63-57(60)48-42-36-30-24-17-15-13-11-9-8-10-12-14-16-21-27-33-39-45-53(2)3/h53-56H,7-52H2,1-6H3/t55?,56-/m0/s1. The Morgan fingerprint density at radius 2 is 0.538 bits per heavy atom. The fourth-order valence-electron chi connectivity index (χ4n) is 8.97. The first-order valence-corrected chi connectivity index (χ1v) is 29.1. The Kier molecular flexibility index (Phi) is 49.1. The van der Waals surface area contributed by atoms with Gasteiger partial charge in [-0.15, -0.1) is 0 Å². The first-order valence-electron chi connectivity index (χ1n) is 29.1. The second-order valence-corrected chi connectivity index (χ2v) is 21.5. The number of hydrogen-bond acceptors (Lipinski definition) is 6. The molecule has 6 heteroatoms. The summed E-state index contributed by atoms with van der Waals surface area (Å²) in [5.41, 5.74) is 0. The van der Waals surface area contributed by atoms with Crippen LogP contribution in [0.2, 0.25) is 0 Å². The van der Waals surface area contributed by atoms with Gasteiger partial charge < -0.3 is 14.2 Å². The quantitative estimate of drug-likeness (QED) is 0.0344. The molecule has 2 atom stereocenters. The molecule has 0 rings (SSSR count). The van der Waals surface area contributed by atoms with Crippen LogP contribution in [0.1, 0.15) is 324 Å². The summed E-state index contributed by atoms with van der Waals surface area (Å²) in [7, 11) is 0. The lowest BCUT2D eigenvalue weighted by Crippen LogP contribution is -2.30. The Morgan fingerprint density at radius 3 is 0.800 bits per heavy atom. The van der Waals surface area contributed by atoms with Crippen molar-refractivity contribution in [1.29, 1.82) is 0 Å². The van der Waals surface area contributed by atoms with Gasteiger partial charge in [0, 0.05) is 19.3 Å². The molecule has 65 heavy (non-hydrogen) atoms. The summed E-state index contributed by atoms with van der Waals surface area (Å²) in [5.74, 6) is 1.69. The van der Waals surface area contributed by atoms with Crippen LogP contribution in [0.15, 0.2) is 0 Å². The molecular weight excluding hydrogens is 805 g/mol. The Labute approximate surface area is 406 Å². The van der Waals surface area contributed by atoms with Crippen molar-refractivity contribution in [1.82, 2.24) is 0 Å². The Hall–Kier alpha value is -1.59. The fourth-order valence-corrected chi connectivity index (χ4v) is 8.97. The average Bonchev–Trinajstić information content (AvgIpc) is 3.28. The third kappa shape index (κ3) is 51.6. The Morgan fingerprint density at radius 1 is 0.308 bits per heavy atom. The molecule has 0 N–H and O–H groups in total. The van der Waals surface area contributed by atoms with Gasteiger partial charge in [0.1, 0.15) is 13.2 Å². The molecule has 0 amide bonds. The molecule has 0 saturated heterocycles. The van der Waals surface area contributed by atoms with E-state index < -0.39 is 6.10 Å². The van der Waals surface area contributed by atoms with Crippen molar-refractivity contribution in [3.05, 3.63) is 0 Å². The van der Waals surface area contributed by atoms with E-state index in [-0.39, 0.29) is 31.1 Å². The van der Waals surface area contributed by atoms with Gasteiger partial charge in [0.2, 0.25) is 0 Å². The number of carbonyl (C=O) groups excluding carboxylic acids is 3. The molecule has 0 spiro atoms. The molecule has 0 aliphatic rings. The maximum Gasteiger partial charge on any atom is 0.306 e. The first-order chi connectivity index (χ1) is 31.6. The summed E-state index contributed by atoms with van der Waals surface area (Å²) in [6.45, 7) is 13.8. The van der Waals surface area contributed by atoms with Gasteiger partial charge in [0.15, 0.2) is 6.10 Å². The van der Waals surface area contributed by atoms with Crippen molar-refractivity contribution < 1.29 is 28.6 Å². The third-order valence-corrected chi connectivity index (χ3v) is 13.8. The molecule has 0 bridgehead atoms. The number of hydrogen-bond donors (Lipinski definition) is 0. The maximum atomic E-state index is 12.8. The lowest BCUT2D eigenvalue weighted by molar-refractivity contribution is -0.167. The highest BCUT2D eigenvalue weighted by Gasteiger charge is 2.19. The van der Waals surface area contributed by atoms with Crippen LogP contribution in [-0.4, -0.2) is 37.2 Å². The predicted molar refractivity (Wildman–Crippen MR) is 279 cm³/mol. The van der Waals surface area contributed by atoms with Gasteiger partial charge in [-0.1, -0.05) is 286 Å². The maximum absolute atomic E-state index is 12.8. The van der Waals surface area contributed by atoms with E-state index in [2.05, 4.69) is 41.5 Å². The molecule has 0 aromatic heterocycles. The summed E-state index contributed by atoms with van der Waals surface area (Å²) >= 11 is 0. The zero-order valence-electron chi connectivity index (χ0n) is 44.8. The van der Waals surface area contributed by atoms with E-state index in [0.29, 0.717) is 19.3 Å². The Bertz CT molecular complexity index is 1010. The minimum absolute atomic E-state index is 0.0639. The Balaban J connectivity index is 4.23. The summed E-state index contributed by atoms with van der Waals surface area (Å²) in [6.07, 6.45) is 52.4. The second-order valence-electron chi connectivity index (χ2n) is 21.5. The van der Waals surface area contributed by atoms with Crippen LogP contribution in [0.4, 0.5) is 0 Å². The topological polar surface area (TPSA) is 78.9 Å². The minimum Gasteiger partial charge on any atom is -0.462 e. The third-order valence-electron chi connectivity index (χ3n) is 13.8. The van der Waals surface area contributed by atoms with Gasteiger partial charge in [0.25, 0.3) is 0 Å².